The van der Waals surface area contributed by atoms with Crippen molar-refractivity contribution in [3.8, 4) is 16.2 Å². The van der Waals surface area contributed by atoms with Gasteiger partial charge in [-0.05, 0) is 71.5 Å². The number of rotatable bonds is 14. The van der Waals surface area contributed by atoms with Gasteiger partial charge in [-0.2, -0.15) is 4.89 Å². The quantitative estimate of drug-likeness (QED) is 0.217. The summed E-state index contributed by atoms with van der Waals surface area (Å²) in [7, 11) is -2.03. The van der Waals surface area contributed by atoms with Crippen molar-refractivity contribution >= 4 is 19.4 Å². The summed E-state index contributed by atoms with van der Waals surface area (Å²) in [5.41, 5.74) is 3.72. The molecule has 0 saturated carbocycles. The third-order valence-corrected chi connectivity index (χ3v) is 6.67. The smallest absolute Gasteiger partial charge is 0.493 e. The lowest BCUT2D eigenvalue weighted by molar-refractivity contribution is 0.306. The molecule has 0 amide bonds. The van der Waals surface area contributed by atoms with Gasteiger partial charge in [0.1, 0.15) is 5.75 Å². The lowest BCUT2D eigenvalue weighted by atomic mass is 10.1. The molecule has 0 bridgehead atoms. The van der Waals surface area contributed by atoms with Crippen LogP contribution in [0.2, 0.25) is 0 Å². The minimum atomic E-state index is -2.03. The van der Waals surface area contributed by atoms with Crippen LogP contribution >= 0.6 is 19.4 Å². The van der Waals surface area contributed by atoms with Gasteiger partial charge in [-0.15, -0.1) is 11.3 Å². The molecule has 0 aliphatic carbocycles. The minimum Gasteiger partial charge on any atom is -0.493 e. The van der Waals surface area contributed by atoms with Gasteiger partial charge in [-0.3, -0.25) is 0 Å². The van der Waals surface area contributed by atoms with Gasteiger partial charge in [0.15, 0.2) is 6.16 Å². The maximum atomic E-state index is 10.8. The fourth-order valence-electron chi connectivity index (χ4n) is 3.44. The highest BCUT2D eigenvalue weighted by Crippen LogP contribution is 2.34. The van der Waals surface area contributed by atoms with Crippen LogP contribution in [0.15, 0.2) is 66.0 Å². The Balaban J connectivity index is 1.48. The van der Waals surface area contributed by atoms with Crippen LogP contribution < -0.4 is 10.1 Å². The zero-order valence-corrected chi connectivity index (χ0v) is 19.5. The van der Waals surface area contributed by atoms with Gasteiger partial charge in [-0.25, -0.2) is 0 Å². The molecule has 6 heteroatoms. The number of ether oxygens (including phenoxy) is 1. The monoisotopic (exact) mass is 456 g/mol. The molecule has 31 heavy (non-hydrogen) atoms. The summed E-state index contributed by atoms with van der Waals surface area (Å²) >= 11 is 1.72. The molecule has 164 valence electrons. The highest BCUT2D eigenvalue weighted by molar-refractivity contribution is 7.37. The molecule has 1 heterocycles. The summed E-state index contributed by atoms with van der Waals surface area (Å²) in [5.74, 6) is 0.937. The molecule has 4 nitrogen and oxygen atoms in total. The van der Waals surface area contributed by atoms with Crippen LogP contribution in [0.3, 0.4) is 0 Å². The van der Waals surface area contributed by atoms with Crippen LogP contribution in [0.5, 0.6) is 5.75 Å². The molecular weight excluding hydrogens is 425 g/mol. The van der Waals surface area contributed by atoms with Crippen molar-refractivity contribution in [2.45, 2.75) is 38.6 Å². The standard InChI is InChI=1S/C25H30NO3PS/c27-30(28)17-8-15-26-20-22-13-14-24(23(19-22)25-12-7-18-31-25)29-16-6-2-5-11-21-9-3-1-4-10-21/h1,3-4,7,9-10,12-14,18-19,26H,2,5-6,8,11,15-17,20H2/p+1. The van der Waals surface area contributed by atoms with Crippen molar-refractivity contribution in [1.29, 1.82) is 0 Å². The van der Waals surface area contributed by atoms with E-state index in [0.29, 0.717) is 12.6 Å². The Kier molecular flexibility index (Phi) is 10.2. The largest absolute Gasteiger partial charge is 0.505 e. The van der Waals surface area contributed by atoms with Gasteiger partial charge in [-0.1, -0.05) is 42.5 Å². The second kappa shape index (κ2) is 13.4. The van der Waals surface area contributed by atoms with Crippen LogP contribution in [0.25, 0.3) is 10.4 Å². The van der Waals surface area contributed by atoms with E-state index in [1.807, 2.05) is 0 Å². The first-order valence-corrected chi connectivity index (χ1v) is 13.2. The first-order valence-electron chi connectivity index (χ1n) is 10.9. The van der Waals surface area contributed by atoms with E-state index < -0.39 is 8.03 Å². The van der Waals surface area contributed by atoms with E-state index in [0.717, 1.165) is 50.3 Å². The van der Waals surface area contributed by atoms with E-state index in [1.165, 1.54) is 22.4 Å². The maximum Gasteiger partial charge on any atom is 0.505 e. The highest BCUT2D eigenvalue weighted by Gasteiger charge is 2.10. The molecule has 0 fully saturated rings. The molecule has 2 N–H and O–H groups in total. The van der Waals surface area contributed by atoms with Crippen molar-refractivity contribution in [1.82, 2.24) is 5.32 Å². The Morgan fingerprint density at radius 1 is 0.935 bits per heavy atom. The molecule has 1 aromatic heterocycles. The highest BCUT2D eigenvalue weighted by atomic mass is 32.1. The predicted octanol–water partition coefficient (Wildman–Crippen LogP) is 6.42. The van der Waals surface area contributed by atoms with Crippen LogP contribution in [-0.2, 0) is 17.5 Å². The summed E-state index contributed by atoms with van der Waals surface area (Å²) in [6.07, 6.45) is 5.56. The molecule has 0 aliphatic heterocycles. The van der Waals surface area contributed by atoms with Crippen molar-refractivity contribution in [3.63, 3.8) is 0 Å². The first-order chi connectivity index (χ1) is 15.2. The molecule has 0 aliphatic rings. The number of benzene rings is 2. The summed E-state index contributed by atoms with van der Waals surface area (Å²) < 4.78 is 16.9. The van der Waals surface area contributed by atoms with E-state index in [2.05, 4.69) is 71.4 Å². The first kappa shape index (κ1) is 23.6. The number of hydrogen-bond acceptors (Lipinski definition) is 4. The summed E-state index contributed by atoms with van der Waals surface area (Å²) in [4.78, 5) is 10.1. The number of unbranched alkanes of at least 4 members (excludes halogenated alkanes) is 2. The second-order valence-electron chi connectivity index (χ2n) is 7.56. The van der Waals surface area contributed by atoms with E-state index in [1.54, 1.807) is 11.3 Å². The Morgan fingerprint density at radius 3 is 2.58 bits per heavy atom. The Labute approximate surface area is 190 Å². The zero-order valence-electron chi connectivity index (χ0n) is 17.8. The minimum absolute atomic E-state index is 0.348. The molecule has 3 aromatic rings. The lowest BCUT2D eigenvalue weighted by Gasteiger charge is -2.13. The summed E-state index contributed by atoms with van der Waals surface area (Å²) in [5, 5.41) is 5.44. The van der Waals surface area contributed by atoms with Gasteiger partial charge >= 0.3 is 8.03 Å². The number of nitrogens with one attached hydrogen (secondary N) is 1. The zero-order chi connectivity index (χ0) is 21.7. The van der Waals surface area contributed by atoms with E-state index in [4.69, 9.17) is 9.63 Å². The third kappa shape index (κ3) is 8.54. The van der Waals surface area contributed by atoms with Crippen LogP contribution in [0.1, 0.15) is 36.8 Å². The predicted molar refractivity (Wildman–Crippen MR) is 130 cm³/mol. The number of aryl methyl sites for hydroxylation is 1. The van der Waals surface area contributed by atoms with E-state index >= 15 is 0 Å². The Morgan fingerprint density at radius 2 is 1.81 bits per heavy atom. The molecule has 0 radical (unpaired) electrons. The van der Waals surface area contributed by atoms with Gasteiger partial charge < -0.3 is 10.1 Å². The van der Waals surface area contributed by atoms with Gasteiger partial charge in [0.25, 0.3) is 0 Å². The third-order valence-electron chi connectivity index (χ3n) is 5.07. The maximum absolute atomic E-state index is 10.8. The topological polar surface area (TPSA) is 58.6 Å². The second-order valence-corrected chi connectivity index (χ2v) is 9.66. The van der Waals surface area contributed by atoms with Gasteiger partial charge in [0.05, 0.1) is 6.61 Å². The van der Waals surface area contributed by atoms with Crippen molar-refractivity contribution in [2.75, 3.05) is 19.3 Å². The molecule has 3 rings (SSSR count). The lowest BCUT2D eigenvalue weighted by Crippen LogP contribution is -2.15. The SMILES string of the molecule is O=[P+](O)CCCNCc1ccc(OCCCCCc2ccccc2)c(-c2cccs2)c1. The van der Waals surface area contributed by atoms with Gasteiger partial charge in [0, 0.05) is 23.4 Å². The van der Waals surface area contributed by atoms with Crippen molar-refractivity contribution in [2.24, 2.45) is 0 Å². The number of hydrogen-bond donors (Lipinski definition) is 2. The number of thiophene rings is 1. The Bertz CT molecular complexity index is 916. The average molecular weight is 457 g/mol. The van der Waals surface area contributed by atoms with Gasteiger partial charge in [0.2, 0.25) is 0 Å². The normalized spacial score (nSPS) is 11.5. The molecule has 1 unspecified atom stereocenters. The molecule has 0 saturated heterocycles. The van der Waals surface area contributed by atoms with Crippen LogP contribution in [0.4, 0.5) is 0 Å². The fraction of sp³-hybridized carbons (Fsp3) is 0.360. The van der Waals surface area contributed by atoms with Crippen molar-refractivity contribution in [3.05, 3.63) is 77.2 Å². The Hall–Kier alpha value is -2.04. The van der Waals surface area contributed by atoms with Crippen LogP contribution in [-0.4, -0.2) is 24.2 Å². The molecule has 1 atom stereocenters. The average Bonchev–Trinajstić information content (AvgIpc) is 3.32. The summed E-state index contributed by atoms with van der Waals surface area (Å²) in [6, 6.07) is 21.2. The van der Waals surface area contributed by atoms with Crippen molar-refractivity contribution < 1.29 is 14.2 Å². The van der Waals surface area contributed by atoms with E-state index in [9.17, 15) is 4.57 Å². The molecular formula is C25H31NO3PS+. The molecule has 2 aromatic carbocycles. The fourth-order valence-corrected chi connectivity index (χ4v) is 4.62. The van der Waals surface area contributed by atoms with E-state index in [-0.39, 0.29) is 0 Å². The molecule has 0 spiro atoms. The van der Waals surface area contributed by atoms with Crippen LogP contribution in [0, 0.1) is 0 Å². The summed E-state index contributed by atoms with van der Waals surface area (Å²) in [6.45, 7) is 2.20.